The Balaban J connectivity index is 4.36. The van der Waals surface area contributed by atoms with Crippen LogP contribution >= 0.6 is 0 Å². The van der Waals surface area contributed by atoms with Gasteiger partial charge < -0.3 is 14.9 Å². The van der Waals surface area contributed by atoms with Crippen molar-refractivity contribution in [2.45, 2.75) is 39.7 Å². The number of aliphatic hydroxyl groups is 2. The lowest BCUT2D eigenvalue weighted by Gasteiger charge is -2.33. The fourth-order valence-electron chi connectivity index (χ4n) is 1.95. The summed E-state index contributed by atoms with van der Waals surface area (Å²) in [6.45, 7) is 6.19. The summed E-state index contributed by atoms with van der Waals surface area (Å²) in [6.07, 6.45) is 1.61. The van der Waals surface area contributed by atoms with E-state index >= 15 is 0 Å². The summed E-state index contributed by atoms with van der Waals surface area (Å²) in [5, 5.41) is 18.7. The monoisotopic (exact) mass is 204 g/mol. The average molecular weight is 204 g/mol. The Morgan fingerprint density at radius 3 is 1.86 bits per heavy atom. The standard InChI is InChI=1S/C11H24O3/c1-9(2)5-11(7-12,8-13)6-10(3)14-4/h9-10,12-13H,5-8H2,1-4H3. The predicted molar refractivity (Wildman–Crippen MR) is 57.1 cm³/mol. The van der Waals surface area contributed by atoms with Crippen LogP contribution in [0.15, 0.2) is 0 Å². The topological polar surface area (TPSA) is 49.7 Å². The summed E-state index contributed by atoms with van der Waals surface area (Å²) < 4.78 is 5.17. The number of hydrogen-bond acceptors (Lipinski definition) is 3. The van der Waals surface area contributed by atoms with E-state index in [0.29, 0.717) is 12.3 Å². The van der Waals surface area contributed by atoms with Gasteiger partial charge in [-0.2, -0.15) is 0 Å². The van der Waals surface area contributed by atoms with Gasteiger partial charge in [0.25, 0.3) is 0 Å². The molecule has 2 N–H and O–H groups in total. The molecule has 3 heteroatoms. The molecule has 0 amide bonds. The molecule has 1 unspecified atom stereocenters. The lowest BCUT2D eigenvalue weighted by Crippen LogP contribution is -2.35. The minimum atomic E-state index is -0.385. The van der Waals surface area contributed by atoms with Gasteiger partial charge in [0.15, 0.2) is 0 Å². The van der Waals surface area contributed by atoms with Gasteiger partial charge in [-0.15, -0.1) is 0 Å². The van der Waals surface area contributed by atoms with Crippen LogP contribution < -0.4 is 0 Å². The molecule has 86 valence electrons. The average Bonchev–Trinajstić information content (AvgIpc) is 2.15. The van der Waals surface area contributed by atoms with Gasteiger partial charge in [0, 0.05) is 12.5 Å². The van der Waals surface area contributed by atoms with Crippen molar-refractivity contribution in [3.05, 3.63) is 0 Å². The smallest absolute Gasteiger partial charge is 0.0550 e. The Hall–Kier alpha value is -0.120. The minimum Gasteiger partial charge on any atom is -0.396 e. The maximum absolute atomic E-state index is 9.35. The first kappa shape index (κ1) is 13.9. The highest BCUT2D eigenvalue weighted by Crippen LogP contribution is 2.31. The maximum Gasteiger partial charge on any atom is 0.0550 e. The van der Waals surface area contributed by atoms with Crippen molar-refractivity contribution < 1.29 is 14.9 Å². The molecule has 0 saturated carbocycles. The molecule has 1 atom stereocenters. The van der Waals surface area contributed by atoms with Crippen LogP contribution in [0.3, 0.4) is 0 Å². The van der Waals surface area contributed by atoms with Gasteiger partial charge in [0.2, 0.25) is 0 Å². The predicted octanol–water partition coefficient (Wildman–Crippen LogP) is 1.43. The second-order valence-corrected chi connectivity index (χ2v) is 4.66. The van der Waals surface area contributed by atoms with E-state index in [4.69, 9.17) is 4.74 Å². The Morgan fingerprint density at radius 1 is 1.07 bits per heavy atom. The van der Waals surface area contributed by atoms with Crippen molar-refractivity contribution in [1.82, 2.24) is 0 Å². The van der Waals surface area contributed by atoms with Crippen LogP contribution in [0.25, 0.3) is 0 Å². The van der Waals surface area contributed by atoms with Gasteiger partial charge in [-0.05, 0) is 25.7 Å². The highest BCUT2D eigenvalue weighted by Gasteiger charge is 2.31. The Kier molecular flexibility index (Phi) is 6.33. The lowest BCUT2D eigenvalue weighted by atomic mass is 9.77. The van der Waals surface area contributed by atoms with E-state index in [2.05, 4.69) is 13.8 Å². The summed E-state index contributed by atoms with van der Waals surface area (Å²) >= 11 is 0. The third-order valence-electron chi connectivity index (χ3n) is 2.63. The molecule has 0 aliphatic rings. The summed E-state index contributed by atoms with van der Waals surface area (Å²) in [5.74, 6) is 0.471. The zero-order valence-electron chi connectivity index (χ0n) is 9.79. The van der Waals surface area contributed by atoms with Gasteiger partial charge in [0.05, 0.1) is 19.3 Å². The SMILES string of the molecule is COC(C)CC(CO)(CO)CC(C)C. The summed E-state index contributed by atoms with van der Waals surface area (Å²) in [6, 6.07) is 0. The van der Waals surface area contributed by atoms with Gasteiger partial charge in [-0.25, -0.2) is 0 Å². The minimum absolute atomic E-state index is 0.0232. The van der Waals surface area contributed by atoms with Crippen molar-refractivity contribution in [3.8, 4) is 0 Å². The van der Waals surface area contributed by atoms with Crippen molar-refractivity contribution in [2.75, 3.05) is 20.3 Å². The zero-order chi connectivity index (χ0) is 11.2. The van der Waals surface area contributed by atoms with Gasteiger partial charge in [-0.3, -0.25) is 0 Å². The molecule has 0 aliphatic carbocycles. The second kappa shape index (κ2) is 6.38. The molecule has 0 spiro atoms. The lowest BCUT2D eigenvalue weighted by molar-refractivity contribution is -0.0149. The third-order valence-corrected chi connectivity index (χ3v) is 2.63. The molecular formula is C11H24O3. The Morgan fingerprint density at radius 2 is 1.57 bits per heavy atom. The molecule has 0 fully saturated rings. The van der Waals surface area contributed by atoms with E-state index in [-0.39, 0.29) is 24.7 Å². The van der Waals surface area contributed by atoms with Crippen LogP contribution in [0.2, 0.25) is 0 Å². The van der Waals surface area contributed by atoms with E-state index in [1.165, 1.54) is 0 Å². The van der Waals surface area contributed by atoms with Gasteiger partial charge >= 0.3 is 0 Å². The molecule has 3 nitrogen and oxygen atoms in total. The fourth-order valence-corrected chi connectivity index (χ4v) is 1.95. The number of hydrogen-bond donors (Lipinski definition) is 2. The Labute approximate surface area is 87.1 Å². The van der Waals surface area contributed by atoms with E-state index in [1.807, 2.05) is 6.92 Å². The first-order valence-corrected chi connectivity index (χ1v) is 5.24. The molecular weight excluding hydrogens is 180 g/mol. The fraction of sp³-hybridized carbons (Fsp3) is 1.00. The molecule has 0 aliphatic heterocycles. The molecule has 0 radical (unpaired) electrons. The van der Waals surface area contributed by atoms with Crippen LogP contribution in [0.1, 0.15) is 33.6 Å². The van der Waals surface area contributed by atoms with Crippen LogP contribution in [0, 0.1) is 11.3 Å². The molecule has 14 heavy (non-hydrogen) atoms. The van der Waals surface area contributed by atoms with Crippen molar-refractivity contribution >= 4 is 0 Å². The van der Waals surface area contributed by atoms with Crippen molar-refractivity contribution in [3.63, 3.8) is 0 Å². The van der Waals surface area contributed by atoms with Crippen molar-refractivity contribution in [1.29, 1.82) is 0 Å². The third kappa shape index (κ3) is 4.40. The van der Waals surface area contributed by atoms with Crippen molar-refractivity contribution in [2.24, 2.45) is 11.3 Å². The Bertz CT molecular complexity index is 141. The second-order valence-electron chi connectivity index (χ2n) is 4.66. The first-order chi connectivity index (χ1) is 6.49. The molecule has 0 aromatic carbocycles. The number of methoxy groups -OCH3 is 1. The molecule has 0 heterocycles. The quantitative estimate of drug-likeness (QED) is 0.659. The normalized spacial score (nSPS) is 14.8. The van der Waals surface area contributed by atoms with E-state index < -0.39 is 0 Å². The first-order valence-electron chi connectivity index (χ1n) is 5.24. The summed E-state index contributed by atoms with van der Waals surface area (Å²) in [4.78, 5) is 0. The molecule has 0 saturated heterocycles. The van der Waals surface area contributed by atoms with Crippen LogP contribution in [0.4, 0.5) is 0 Å². The highest BCUT2D eigenvalue weighted by molar-refractivity contribution is 4.81. The van der Waals surface area contributed by atoms with Crippen LogP contribution in [-0.2, 0) is 4.74 Å². The molecule has 0 aromatic rings. The highest BCUT2D eigenvalue weighted by atomic mass is 16.5. The molecule has 0 aromatic heterocycles. The summed E-state index contributed by atoms with van der Waals surface area (Å²) in [5.41, 5.74) is -0.385. The zero-order valence-corrected chi connectivity index (χ0v) is 9.79. The largest absolute Gasteiger partial charge is 0.396 e. The number of rotatable bonds is 7. The van der Waals surface area contributed by atoms with E-state index in [1.54, 1.807) is 7.11 Å². The van der Waals surface area contributed by atoms with Crippen LogP contribution in [-0.4, -0.2) is 36.6 Å². The van der Waals surface area contributed by atoms with Gasteiger partial charge in [0.1, 0.15) is 0 Å². The van der Waals surface area contributed by atoms with E-state index in [9.17, 15) is 10.2 Å². The number of aliphatic hydroxyl groups excluding tert-OH is 2. The van der Waals surface area contributed by atoms with Gasteiger partial charge in [-0.1, -0.05) is 13.8 Å². The number of ether oxygens (including phenoxy) is 1. The summed E-state index contributed by atoms with van der Waals surface area (Å²) in [7, 11) is 1.65. The molecule has 0 bridgehead atoms. The van der Waals surface area contributed by atoms with Crippen LogP contribution in [0.5, 0.6) is 0 Å². The maximum atomic E-state index is 9.35. The van der Waals surface area contributed by atoms with E-state index in [0.717, 1.165) is 6.42 Å². The molecule has 0 rings (SSSR count).